The van der Waals surface area contributed by atoms with Crippen molar-refractivity contribution in [2.75, 3.05) is 19.8 Å². The molecule has 1 atom stereocenters. The number of nitrogens with two attached hydrogens (primary N) is 1. The molecule has 1 saturated heterocycles. The largest absolute Gasteiger partial charge is 0.409 e. The summed E-state index contributed by atoms with van der Waals surface area (Å²) in [7, 11) is 0. The molecule has 0 spiro atoms. The minimum absolute atomic E-state index is 0.0272. The molecule has 0 saturated carbocycles. The van der Waals surface area contributed by atoms with Crippen LogP contribution in [0, 0.1) is 0 Å². The monoisotopic (exact) mass is 217 g/mol. The SMILES string of the molecule is CC(NC1(CO)CCOCC1)C(N)=NO. The van der Waals surface area contributed by atoms with Gasteiger partial charge in [0.05, 0.1) is 12.6 Å². The Morgan fingerprint density at radius 1 is 1.60 bits per heavy atom. The quantitative estimate of drug-likeness (QED) is 0.215. The lowest BCUT2D eigenvalue weighted by atomic mass is 9.90. The zero-order valence-corrected chi connectivity index (χ0v) is 8.94. The Kier molecular flexibility index (Phi) is 4.31. The number of aliphatic hydroxyl groups excluding tert-OH is 1. The summed E-state index contributed by atoms with van der Waals surface area (Å²) in [6, 6.07) is -0.264. The molecule has 1 aliphatic heterocycles. The summed E-state index contributed by atoms with van der Waals surface area (Å²) in [6.45, 7) is 3.06. The average molecular weight is 217 g/mol. The van der Waals surface area contributed by atoms with Crippen LogP contribution in [-0.2, 0) is 4.74 Å². The topological polar surface area (TPSA) is 100 Å². The van der Waals surface area contributed by atoms with Gasteiger partial charge in [-0.3, -0.25) is 5.32 Å². The molecule has 1 unspecified atom stereocenters. The van der Waals surface area contributed by atoms with E-state index in [2.05, 4.69) is 10.5 Å². The van der Waals surface area contributed by atoms with Crippen LogP contribution in [0.5, 0.6) is 0 Å². The maximum absolute atomic E-state index is 9.38. The third-order valence-corrected chi connectivity index (χ3v) is 2.83. The molecule has 1 fully saturated rings. The van der Waals surface area contributed by atoms with E-state index in [0.29, 0.717) is 13.2 Å². The molecule has 0 aliphatic carbocycles. The number of rotatable bonds is 4. The van der Waals surface area contributed by atoms with Crippen molar-refractivity contribution in [2.24, 2.45) is 10.9 Å². The number of nitrogens with zero attached hydrogens (tertiary/aromatic N) is 1. The number of nitrogens with one attached hydrogen (secondary N) is 1. The van der Waals surface area contributed by atoms with E-state index in [-0.39, 0.29) is 24.0 Å². The van der Waals surface area contributed by atoms with Gasteiger partial charge in [-0.25, -0.2) is 0 Å². The fourth-order valence-electron chi connectivity index (χ4n) is 1.73. The third-order valence-electron chi connectivity index (χ3n) is 2.83. The Hall–Kier alpha value is -0.850. The Balaban J connectivity index is 2.59. The first-order valence-electron chi connectivity index (χ1n) is 5.07. The number of aliphatic hydroxyl groups is 1. The molecule has 1 rings (SSSR count). The fraction of sp³-hybridized carbons (Fsp3) is 0.889. The molecule has 0 aromatic heterocycles. The molecule has 6 nitrogen and oxygen atoms in total. The van der Waals surface area contributed by atoms with Crippen molar-refractivity contribution in [3.8, 4) is 0 Å². The van der Waals surface area contributed by atoms with Crippen molar-refractivity contribution in [1.82, 2.24) is 5.32 Å². The molecule has 0 aromatic rings. The minimum Gasteiger partial charge on any atom is -0.409 e. The van der Waals surface area contributed by atoms with Crippen LogP contribution in [-0.4, -0.2) is 47.6 Å². The number of ether oxygens (including phenoxy) is 1. The number of amidine groups is 1. The standard InChI is InChI=1S/C9H19N3O3/c1-7(8(10)12-14)11-9(6-13)2-4-15-5-3-9/h7,11,13-14H,2-6H2,1H3,(H2,10,12). The highest BCUT2D eigenvalue weighted by molar-refractivity contribution is 5.84. The maximum atomic E-state index is 9.38. The van der Waals surface area contributed by atoms with Crippen LogP contribution in [0.2, 0.25) is 0 Å². The van der Waals surface area contributed by atoms with Crippen LogP contribution >= 0.6 is 0 Å². The van der Waals surface area contributed by atoms with E-state index in [9.17, 15) is 5.11 Å². The summed E-state index contributed by atoms with van der Waals surface area (Å²) >= 11 is 0. The molecular formula is C9H19N3O3. The lowest BCUT2D eigenvalue weighted by Gasteiger charge is -2.38. The highest BCUT2D eigenvalue weighted by Gasteiger charge is 2.33. The van der Waals surface area contributed by atoms with Gasteiger partial charge in [0.2, 0.25) is 0 Å². The first-order chi connectivity index (χ1) is 7.13. The average Bonchev–Trinajstić information content (AvgIpc) is 2.29. The number of hydrogen-bond donors (Lipinski definition) is 4. The molecule has 88 valence electrons. The van der Waals surface area contributed by atoms with Gasteiger partial charge in [-0.1, -0.05) is 5.16 Å². The Labute approximate surface area is 89.1 Å². The first kappa shape index (κ1) is 12.2. The van der Waals surface area contributed by atoms with E-state index >= 15 is 0 Å². The molecule has 15 heavy (non-hydrogen) atoms. The van der Waals surface area contributed by atoms with Crippen molar-refractivity contribution < 1.29 is 15.1 Å². The third kappa shape index (κ3) is 3.05. The molecule has 0 radical (unpaired) electrons. The van der Waals surface area contributed by atoms with Crippen LogP contribution in [0.25, 0.3) is 0 Å². The predicted octanol–water partition coefficient (Wildman–Crippen LogP) is -0.748. The fourth-order valence-corrected chi connectivity index (χ4v) is 1.73. The highest BCUT2D eigenvalue weighted by Crippen LogP contribution is 2.20. The summed E-state index contributed by atoms with van der Waals surface area (Å²) in [5.41, 5.74) is 5.10. The predicted molar refractivity (Wildman–Crippen MR) is 55.9 cm³/mol. The zero-order valence-electron chi connectivity index (χ0n) is 8.94. The van der Waals surface area contributed by atoms with Gasteiger partial charge in [0, 0.05) is 18.8 Å². The van der Waals surface area contributed by atoms with Crippen molar-refractivity contribution in [1.29, 1.82) is 0 Å². The Morgan fingerprint density at radius 2 is 2.20 bits per heavy atom. The second kappa shape index (κ2) is 5.29. The zero-order chi connectivity index (χ0) is 11.3. The summed E-state index contributed by atoms with van der Waals surface area (Å²) in [4.78, 5) is 0. The lowest BCUT2D eigenvalue weighted by molar-refractivity contribution is 0.0104. The summed E-state index contributed by atoms with van der Waals surface area (Å²) in [5.74, 6) is 0.120. The molecule has 0 bridgehead atoms. The van der Waals surface area contributed by atoms with Crippen LogP contribution in [0.4, 0.5) is 0 Å². The molecule has 1 aliphatic rings. The van der Waals surface area contributed by atoms with Crippen molar-refractivity contribution in [2.45, 2.75) is 31.3 Å². The van der Waals surface area contributed by atoms with Crippen molar-refractivity contribution >= 4 is 5.84 Å². The summed E-state index contributed by atoms with van der Waals surface area (Å²) < 4.78 is 5.23. The summed E-state index contributed by atoms with van der Waals surface area (Å²) in [6.07, 6.45) is 1.46. The molecule has 1 heterocycles. The van der Waals surface area contributed by atoms with E-state index in [1.54, 1.807) is 6.92 Å². The molecular weight excluding hydrogens is 198 g/mol. The van der Waals surface area contributed by atoms with Gasteiger partial charge in [-0.15, -0.1) is 0 Å². The van der Waals surface area contributed by atoms with Crippen molar-refractivity contribution in [3.63, 3.8) is 0 Å². The van der Waals surface area contributed by atoms with Crippen LogP contribution in [0.1, 0.15) is 19.8 Å². The van der Waals surface area contributed by atoms with E-state index in [1.165, 1.54) is 0 Å². The van der Waals surface area contributed by atoms with Gasteiger partial charge >= 0.3 is 0 Å². The van der Waals surface area contributed by atoms with E-state index in [4.69, 9.17) is 15.7 Å². The van der Waals surface area contributed by atoms with Crippen LogP contribution in [0.15, 0.2) is 5.16 Å². The Morgan fingerprint density at radius 3 is 2.67 bits per heavy atom. The molecule has 5 N–H and O–H groups in total. The number of oxime groups is 1. The normalized spacial score (nSPS) is 23.7. The second-order valence-corrected chi connectivity index (χ2v) is 3.94. The van der Waals surface area contributed by atoms with Gasteiger partial charge in [-0.05, 0) is 19.8 Å². The molecule has 6 heteroatoms. The lowest BCUT2D eigenvalue weighted by Crippen LogP contribution is -2.58. The summed E-state index contributed by atoms with van der Waals surface area (Å²) in [5, 5.41) is 24.0. The smallest absolute Gasteiger partial charge is 0.156 e. The van der Waals surface area contributed by atoms with Gasteiger partial charge < -0.3 is 20.8 Å². The first-order valence-corrected chi connectivity index (χ1v) is 5.07. The van der Waals surface area contributed by atoms with Gasteiger partial charge in [-0.2, -0.15) is 0 Å². The molecule has 0 aromatic carbocycles. The van der Waals surface area contributed by atoms with Gasteiger partial charge in [0.15, 0.2) is 5.84 Å². The van der Waals surface area contributed by atoms with E-state index in [0.717, 1.165) is 12.8 Å². The van der Waals surface area contributed by atoms with Crippen LogP contribution in [0.3, 0.4) is 0 Å². The van der Waals surface area contributed by atoms with Gasteiger partial charge in [0.25, 0.3) is 0 Å². The molecule has 0 amide bonds. The van der Waals surface area contributed by atoms with Gasteiger partial charge in [0.1, 0.15) is 0 Å². The second-order valence-electron chi connectivity index (χ2n) is 3.94. The van der Waals surface area contributed by atoms with Crippen LogP contribution < -0.4 is 11.1 Å². The maximum Gasteiger partial charge on any atom is 0.156 e. The number of hydrogen-bond acceptors (Lipinski definition) is 5. The van der Waals surface area contributed by atoms with E-state index < -0.39 is 0 Å². The minimum atomic E-state index is -0.368. The van der Waals surface area contributed by atoms with E-state index in [1.807, 2.05) is 0 Å². The Bertz CT molecular complexity index is 227. The highest BCUT2D eigenvalue weighted by atomic mass is 16.5. The van der Waals surface area contributed by atoms with Crippen molar-refractivity contribution in [3.05, 3.63) is 0 Å².